The number of amides is 1. The molecule has 1 atom stereocenters. The summed E-state index contributed by atoms with van der Waals surface area (Å²) in [5.41, 5.74) is 3.58. The number of ether oxygens (including phenoxy) is 1. The average Bonchev–Trinajstić information content (AvgIpc) is 3.52. The number of benzene rings is 2. The molecule has 4 aromatic rings. The second-order valence-electron chi connectivity index (χ2n) is 7.62. The lowest BCUT2D eigenvalue weighted by Gasteiger charge is -2.14. The number of rotatable bonds is 5. The second-order valence-corrected chi connectivity index (χ2v) is 7.62. The Hall–Kier alpha value is -4.00. The number of likely N-dealkylation sites (tertiary alicyclic amines) is 1. The van der Waals surface area contributed by atoms with E-state index >= 15 is 0 Å². The van der Waals surface area contributed by atoms with Gasteiger partial charge in [-0.15, -0.1) is 0 Å². The topological polar surface area (TPSA) is 78.3 Å². The highest BCUT2D eigenvalue weighted by molar-refractivity contribution is 5.91. The molecule has 0 spiro atoms. The predicted molar refractivity (Wildman–Crippen MR) is 120 cm³/mol. The minimum Gasteiger partial charge on any atom is -0.457 e. The van der Waals surface area contributed by atoms with Gasteiger partial charge in [-0.1, -0.05) is 24.8 Å². The zero-order valence-corrected chi connectivity index (χ0v) is 17.0. The van der Waals surface area contributed by atoms with E-state index in [1.54, 1.807) is 9.58 Å². The lowest BCUT2D eigenvalue weighted by Crippen LogP contribution is -2.27. The van der Waals surface area contributed by atoms with E-state index in [9.17, 15) is 4.79 Å². The fourth-order valence-corrected chi connectivity index (χ4v) is 4.12. The second kappa shape index (κ2) is 7.68. The number of hydrogen-bond donors (Lipinski definition) is 1. The Morgan fingerprint density at radius 1 is 1.10 bits per heavy atom. The van der Waals surface area contributed by atoms with Crippen LogP contribution in [-0.4, -0.2) is 38.4 Å². The lowest BCUT2D eigenvalue weighted by atomic mass is 10.1. The third-order valence-electron chi connectivity index (χ3n) is 5.67. The minimum absolute atomic E-state index is 0.0449. The van der Waals surface area contributed by atoms with Crippen molar-refractivity contribution in [1.29, 1.82) is 0 Å². The van der Waals surface area contributed by atoms with Gasteiger partial charge in [-0.25, -0.2) is 0 Å². The van der Waals surface area contributed by atoms with E-state index in [2.05, 4.69) is 6.58 Å². The Morgan fingerprint density at radius 2 is 1.84 bits per heavy atom. The Labute approximate surface area is 179 Å². The molecular weight excluding hydrogens is 390 g/mol. The zero-order chi connectivity index (χ0) is 21.4. The number of carbonyl (C=O) groups is 1. The van der Waals surface area contributed by atoms with Gasteiger partial charge in [-0.3, -0.25) is 14.2 Å². The summed E-state index contributed by atoms with van der Waals surface area (Å²) in [6.45, 7) is 4.90. The maximum atomic E-state index is 12.0. The summed E-state index contributed by atoms with van der Waals surface area (Å²) >= 11 is 0. The highest BCUT2D eigenvalue weighted by atomic mass is 16.5. The van der Waals surface area contributed by atoms with E-state index in [1.807, 2.05) is 71.5 Å². The summed E-state index contributed by atoms with van der Waals surface area (Å²) in [4.78, 5) is 13.8. The first-order valence-corrected chi connectivity index (χ1v) is 10.2. The summed E-state index contributed by atoms with van der Waals surface area (Å²) in [6, 6.07) is 19.6. The van der Waals surface area contributed by atoms with Crippen LogP contribution in [0.5, 0.6) is 11.5 Å². The Bertz CT molecular complexity index is 1240. The molecule has 0 unspecified atom stereocenters. The van der Waals surface area contributed by atoms with E-state index in [-0.39, 0.29) is 11.9 Å². The standard InChI is InChI=1S/C24H23N5O2/c1-2-22(30)27-14-12-18(16-27)29-21-13-15-28(25)24(21)23(26-29)17-8-10-20(11-9-17)31-19-6-4-3-5-7-19/h2-11,13,15,18H,1,12,14,16,25H2/t18-/m0/s1. The molecule has 1 aliphatic rings. The lowest BCUT2D eigenvalue weighted by molar-refractivity contribution is -0.125. The maximum Gasteiger partial charge on any atom is 0.246 e. The molecule has 0 saturated carbocycles. The summed E-state index contributed by atoms with van der Waals surface area (Å²) in [7, 11) is 0. The van der Waals surface area contributed by atoms with E-state index in [0.29, 0.717) is 13.1 Å². The van der Waals surface area contributed by atoms with Crippen molar-refractivity contribution in [2.24, 2.45) is 0 Å². The highest BCUT2D eigenvalue weighted by Crippen LogP contribution is 2.33. The van der Waals surface area contributed by atoms with Gasteiger partial charge in [0.25, 0.3) is 0 Å². The fraction of sp³-hybridized carbons (Fsp3) is 0.167. The first-order valence-electron chi connectivity index (χ1n) is 10.2. The van der Waals surface area contributed by atoms with Crippen molar-refractivity contribution in [1.82, 2.24) is 19.4 Å². The van der Waals surface area contributed by atoms with E-state index in [0.717, 1.165) is 40.2 Å². The third kappa shape index (κ3) is 3.44. The molecule has 1 fully saturated rings. The van der Waals surface area contributed by atoms with Gasteiger partial charge in [0.1, 0.15) is 22.7 Å². The van der Waals surface area contributed by atoms with Gasteiger partial charge in [0.05, 0.1) is 11.6 Å². The predicted octanol–water partition coefficient (Wildman–Crippen LogP) is 3.97. The molecule has 1 amide bonds. The normalized spacial score (nSPS) is 16.0. The molecule has 31 heavy (non-hydrogen) atoms. The van der Waals surface area contributed by atoms with Crippen LogP contribution >= 0.6 is 0 Å². The molecule has 2 aromatic carbocycles. The van der Waals surface area contributed by atoms with Crippen molar-refractivity contribution < 1.29 is 9.53 Å². The number of carbonyl (C=O) groups excluding carboxylic acids is 1. The number of aromatic nitrogens is 3. The van der Waals surface area contributed by atoms with Crippen LogP contribution in [0.15, 0.2) is 79.5 Å². The third-order valence-corrected chi connectivity index (χ3v) is 5.67. The number of nitrogen functional groups attached to an aromatic ring is 1. The van der Waals surface area contributed by atoms with E-state index < -0.39 is 0 Å². The van der Waals surface area contributed by atoms with Crippen molar-refractivity contribution >= 4 is 16.9 Å². The van der Waals surface area contributed by atoms with Crippen LogP contribution in [0.25, 0.3) is 22.3 Å². The fourth-order valence-electron chi connectivity index (χ4n) is 4.12. The molecule has 7 nitrogen and oxygen atoms in total. The van der Waals surface area contributed by atoms with Gasteiger partial charge in [0.15, 0.2) is 0 Å². The number of fused-ring (bicyclic) bond motifs is 1. The zero-order valence-electron chi connectivity index (χ0n) is 17.0. The van der Waals surface area contributed by atoms with Gasteiger partial charge >= 0.3 is 0 Å². The number of hydrogen-bond acceptors (Lipinski definition) is 4. The van der Waals surface area contributed by atoms with Crippen molar-refractivity contribution in [3.05, 3.63) is 79.5 Å². The molecule has 0 radical (unpaired) electrons. The minimum atomic E-state index is -0.0449. The number of nitrogens with two attached hydrogens (primary N) is 1. The molecule has 2 aromatic heterocycles. The molecule has 1 aliphatic heterocycles. The highest BCUT2D eigenvalue weighted by Gasteiger charge is 2.29. The van der Waals surface area contributed by atoms with Crippen LogP contribution in [0.3, 0.4) is 0 Å². The van der Waals surface area contributed by atoms with Gasteiger partial charge in [0, 0.05) is 24.8 Å². The van der Waals surface area contributed by atoms with Crippen molar-refractivity contribution in [2.45, 2.75) is 12.5 Å². The molecule has 0 aliphatic carbocycles. The van der Waals surface area contributed by atoms with Crippen LogP contribution in [0.4, 0.5) is 0 Å². The molecule has 2 N–H and O–H groups in total. The van der Waals surface area contributed by atoms with Gasteiger partial charge in [-0.05, 0) is 55.0 Å². The molecule has 3 heterocycles. The van der Waals surface area contributed by atoms with Gasteiger partial charge in [0.2, 0.25) is 5.91 Å². The largest absolute Gasteiger partial charge is 0.457 e. The van der Waals surface area contributed by atoms with Crippen molar-refractivity contribution in [3.63, 3.8) is 0 Å². The molecular formula is C24H23N5O2. The number of para-hydroxylation sites is 1. The summed E-state index contributed by atoms with van der Waals surface area (Å²) < 4.78 is 9.50. The monoisotopic (exact) mass is 413 g/mol. The number of nitrogens with zero attached hydrogens (tertiary/aromatic N) is 4. The van der Waals surface area contributed by atoms with Crippen LogP contribution < -0.4 is 10.6 Å². The molecule has 7 heteroatoms. The van der Waals surface area contributed by atoms with E-state index in [1.165, 1.54) is 6.08 Å². The Balaban J connectivity index is 1.46. The first-order chi connectivity index (χ1) is 15.1. The Morgan fingerprint density at radius 3 is 2.58 bits per heavy atom. The quantitative estimate of drug-likeness (QED) is 0.397. The summed E-state index contributed by atoms with van der Waals surface area (Å²) in [5.74, 6) is 7.71. The van der Waals surface area contributed by atoms with Crippen LogP contribution in [0.2, 0.25) is 0 Å². The molecule has 156 valence electrons. The maximum absolute atomic E-state index is 12.0. The smallest absolute Gasteiger partial charge is 0.246 e. The average molecular weight is 413 g/mol. The first kappa shape index (κ1) is 19.0. The summed E-state index contributed by atoms with van der Waals surface area (Å²) in [5, 5.41) is 4.91. The van der Waals surface area contributed by atoms with Gasteiger partial charge < -0.3 is 15.5 Å². The van der Waals surface area contributed by atoms with Crippen LogP contribution in [0, 0.1) is 0 Å². The SMILES string of the molecule is C=CC(=O)N1CC[C@H](n2nc(-c3ccc(Oc4ccccc4)cc3)c3c2ccn3N)C1. The molecule has 5 rings (SSSR count). The summed E-state index contributed by atoms with van der Waals surface area (Å²) in [6.07, 6.45) is 4.04. The van der Waals surface area contributed by atoms with Gasteiger partial charge in [-0.2, -0.15) is 5.10 Å². The van der Waals surface area contributed by atoms with Crippen molar-refractivity contribution in [3.8, 4) is 22.8 Å². The molecule has 0 bridgehead atoms. The van der Waals surface area contributed by atoms with Crippen molar-refractivity contribution in [2.75, 3.05) is 18.9 Å². The van der Waals surface area contributed by atoms with E-state index in [4.69, 9.17) is 15.7 Å². The Kier molecular flexibility index (Phi) is 4.71. The van der Waals surface area contributed by atoms with Crippen LogP contribution in [-0.2, 0) is 4.79 Å². The van der Waals surface area contributed by atoms with Crippen LogP contribution in [0.1, 0.15) is 12.5 Å². The molecule has 1 saturated heterocycles.